The molecule has 0 radical (unpaired) electrons. The van der Waals surface area contributed by atoms with Crippen molar-refractivity contribution in [2.45, 2.75) is 20.4 Å². The molecule has 6 nitrogen and oxygen atoms in total. The highest BCUT2D eigenvalue weighted by Crippen LogP contribution is 2.35. The zero-order valence-corrected chi connectivity index (χ0v) is 19.7. The molecule has 4 rings (SSSR count). The first-order valence-corrected chi connectivity index (χ1v) is 11.4. The van der Waals surface area contributed by atoms with Crippen LogP contribution in [0.5, 0.6) is 0 Å². The zero-order valence-electron chi connectivity index (χ0n) is 17.3. The summed E-state index contributed by atoms with van der Waals surface area (Å²) in [5, 5.41) is 8.82. The number of thioether (sulfide) groups is 1. The first-order chi connectivity index (χ1) is 15.3. The molecule has 1 aromatic heterocycles. The summed E-state index contributed by atoms with van der Waals surface area (Å²) in [5.74, 6) is -1.29. The number of rotatable bonds is 5. The molecule has 2 heterocycles. The van der Waals surface area contributed by atoms with E-state index in [9.17, 15) is 14.4 Å². The first kappa shape index (κ1) is 22.1. The van der Waals surface area contributed by atoms with E-state index in [-0.39, 0.29) is 23.3 Å². The minimum Gasteiger partial charge on any atom is -0.478 e. The van der Waals surface area contributed by atoms with Crippen LogP contribution >= 0.6 is 27.7 Å². The molecule has 1 aliphatic rings. The van der Waals surface area contributed by atoms with Crippen molar-refractivity contribution in [2.24, 2.45) is 0 Å². The summed E-state index contributed by atoms with van der Waals surface area (Å²) < 4.78 is 2.84. The Hall–Kier alpha value is -3.10. The van der Waals surface area contributed by atoms with E-state index < -0.39 is 5.97 Å². The van der Waals surface area contributed by atoms with Crippen LogP contribution in [0.1, 0.15) is 32.9 Å². The number of benzene rings is 2. The summed E-state index contributed by atoms with van der Waals surface area (Å²) in [6.45, 7) is 4.07. The maximum absolute atomic E-state index is 12.9. The summed E-state index contributed by atoms with van der Waals surface area (Å²) in [6.07, 6.45) is 1.75. The number of amides is 2. The maximum atomic E-state index is 12.9. The second-order valence-corrected chi connectivity index (χ2v) is 9.22. The quantitative estimate of drug-likeness (QED) is 0.439. The third-order valence-corrected chi connectivity index (χ3v) is 6.97. The largest absolute Gasteiger partial charge is 0.478 e. The van der Waals surface area contributed by atoms with Gasteiger partial charge in [0.2, 0.25) is 0 Å². The summed E-state index contributed by atoms with van der Waals surface area (Å²) in [5.41, 5.74) is 4.56. The highest BCUT2D eigenvalue weighted by atomic mass is 79.9. The number of hydrogen-bond donors (Lipinski definition) is 1. The molecule has 0 atom stereocenters. The van der Waals surface area contributed by atoms with Gasteiger partial charge in [-0.05, 0) is 79.2 Å². The molecule has 0 aliphatic carbocycles. The Morgan fingerprint density at radius 2 is 1.78 bits per heavy atom. The van der Waals surface area contributed by atoms with Gasteiger partial charge < -0.3 is 9.67 Å². The Balaban J connectivity index is 1.62. The van der Waals surface area contributed by atoms with Crippen LogP contribution in [0.15, 0.2) is 64.0 Å². The number of imide groups is 1. The molecule has 0 spiro atoms. The second-order valence-electron chi connectivity index (χ2n) is 7.37. The van der Waals surface area contributed by atoms with Gasteiger partial charge in [-0.15, -0.1) is 0 Å². The third-order valence-electron chi connectivity index (χ3n) is 5.29. The molecule has 1 aliphatic heterocycles. The number of carboxylic acid groups (broad SMARTS) is 1. The standard InChI is InChI=1S/C24H19BrN2O4S/c1-14-11-18(15(2)27(14)19-9-7-16(8-10-19)23(29)30)12-21-22(28)26(24(31)32-21)13-17-5-3-4-6-20(17)25/h3-12H,13H2,1-2H3,(H,29,30)/b21-12-. The van der Waals surface area contributed by atoms with Crippen LogP contribution in [-0.4, -0.2) is 31.7 Å². The number of carbonyl (C=O) groups excluding carboxylic acids is 2. The molecule has 8 heteroatoms. The number of halogens is 1. The predicted molar refractivity (Wildman–Crippen MR) is 128 cm³/mol. The van der Waals surface area contributed by atoms with Gasteiger partial charge in [0.05, 0.1) is 17.0 Å². The fourth-order valence-corrected chi connectivity index (χ4v) is 4.90. The summed E-state index contributed by atoms with van der Waals surface area (Å²) in [6, 6.07) is 16.1. The Morgan fingerprint density at radius 1 is 1.09 bits per heavy atom. The topological polar surface area (TPSA) is 79.6 Å². The van der Waals surface area contributed by atoms with Crippen molar-refractivity contribution in [3.05, 3.63) is 92.1 Å². The van der Waals surface area contributed by atoms with Crippen LogP contribution in [-0.2, 0) is 11.3 Å². The van der Waals surface area contributed by atoms with Crippen molar-refractivity contribution >= 4 is 50.9 Å². The molecule has 0 unspecified atom stereocenters. The average Bonchev–Trinajstić information content (AvgIpc) is 3.19. The van der Waals surface area contributed by atoms with E-state index in [0.29, 0.717) is 4.91 Å². The van der Waals surface area contributed by atoms with Gasteiger partial charge in [-0.1, -0.05) is 34.1 Å². The van der Waals surface area contributed by atoms with Crippen molar-refractivity contribution in [3.8, 4) is 5.69 Å². The third kappa shape index (κ3) is 4.16. The number of aromatic nitrogens is 1. The van der Waals surface area contributed by atoms with E-state index in [0.717, 1.165) is 44.4 Å². The zero-order chi connectivity index (χ0) is 23.0. The molecular formula is C24H19BrN2O4S. The van der Waals surface area contributed by atoms with E-state index in [1.54, 1.807) is 30.3 Å². The van der Waals surface area contributed by atoms with Gasteiger partial charge in [0.1, 0.15) is 0 Å². The van der Waals surface area contributed by atoms with Crippen LogP contribution in [0.4, 0.5) is 4.79 Å². The summed E-state index contributed by atoms with van der Waals surface area (Å²) in [4.78, 5) is 38.2. The summed E-state index contributed by atoms with van der Waals surface area (Å²) >= 11 is 4.40. The van der Waals surface area contributed by atoms with E-state index in [4.69, 9.17) is 5.11 Å². The van der Waals surface area contributed by atoms with Crippen molar-refractivity contribution in [1.82, 2.24) is 9.47 Å². The molecule has 1 N–H and O–H groups in total. The minimum absolute atomic E-state index is 0.207. The highest BCUT2D eigenvalue weighted by molar-refractivity contribution is 9.10. The van der Waals surface area contributed by atoms with Gasteiger partial charge in [0.25, 0.3) is 11.1 Å². The van der Waals surface area contributed by atoms with Crippen molar-refractivity contribution in [1.29, 1.82) is 0 Å². The monoisotopic (exact) mass is 510 g/mol. The van der Waals surface area contributed by atoms with Crippen molar-refractivity contribution < 1.29 is 19.5 Å². The predicted octanol–water partition coefficient (Wildman–Crippen LogP) is 5.79. The number of carboxylic acids is 1. The molecule has 1 saturated heterocycles. The number of aryl methyl sites for hydroxylation is 1. The SMILES string of the molecule is Cc1cc(/C=C2\SC(=O)N(Cc3ccccc3Br)C2=O)c(C)n1-c1ccc(C(=O)O)cc1. The lowest BCUT2D eigenvalue weighted by Crippen LogP contribution is -2.27. The lowest BCUT2D eigenvalue weighted by atomic mass is 10.2. The second kappa shape index (κ2) is 8.80. The molecule has 1 fully saturated rings. The first-order valence-electron chi connectivity index (χ1n) is 9.77. The van der Waals surface area contributed by atoms with Gasteiger partial charge in [0.15, 0.2) is 0 Å². The van der Waals surface area contributed by atoms with Gasteiger partial charge in [-0.3, -0.25) is 14.5 Å². The van der Waals surface area contributed by atoms with Crippen molar-refractivity contribution in [3.63, 3.8) is 0 Å². The van der Waals surface area contributed by atoms with Crippen LogP contribution in [0.25, 0.3) is 11.8 Å². The van der Waals surface area contributed by atoms with Gasteiger partial charge in [-0.25, -0.2) is 4.79 Å². The maximum Gasteiger partial charge on any atom is 0.335 e. The molecular weight excluding hydrogens is 492 g/mol. The molecule has 0 saturated carbocycles. The molecule has 2 amide bonds. The number of hydrogen-bond acceptors (Lipinski definition) is 4. The highest BCUT2D eigenvalue weighted by Gasteiger charge is 2.35. The fraction of sp³-hybridized carbons (Fsp3) is 0.125. The van der Waals surface area contributed by atoms with Crippen LogP contribution in [0.2, 0.25) is 0 Å². The molecule has 0 bridgehead atoms. The number of aromatic carboxylic acids is 1. The van der Waals surface area contributed by atoms with Crippen molar-refractivity contribution in [2.75, 3.05) is 0 Å². The van der Waals surface area contributed by atoms with E-state index in [1.165, 1.54) is 4.90 Å². The van der Waals surface area contributed by atoms with Crippen LogP contribution < -0.4 is 0 Å². The van der Waals surface area contributed by atoms with Crippen LogP contribution in [0, 0.1) is 13.8 Å². The van der Waals surface area contributed by atoms with Gasteiger partial charge in [-0.2, -0.15) is 0 Å². The Morgan fingerprint density at radius 3 is 2.44 bits per heavy atom. The molecule has 32 heavy (non-hydrogen) atoms. The van der Waals surface area contributed by atoms with Gasteiger partial charge in [0, 0.05) is 21.5 Å². The van der Waals surface area contributed by atoms with Crippen LogP contribution in [0.3, 0.4) is 0 Å². The Labute approximate surface area is 197 Å². The summed E-state index contributed by atoms with van der Waals surface area (Å²) in [7, 11) is 0. The fourth-order valence-electron chi connectivity index (χ4n) is 3.66. The Kier molecular flexibility index (Phi) is 6.08. The van der Waals surface area contributed by atoms with E-state index in [1.807, 2.05) is 48.7 Å². The molecule has 162 valence electrons. The number of nitrogens with zero attached hydrogens (tertiary/aromatic N) is 2. The lowest BCUT2D eigenvalue weighted by Gasteiger charge is -2.13. The van der Waals surface area contributed by atoms with Gasteiger partial charge >= 0.3 is 5.97 Å². The molecule has 3 aromatic rings. The van der Waals surface area contributed by atoms with E-state index in [2.05, 4.69) is 15.9 Å². The van der Waals surface area contributed by atoms with E-state index >= 15 is 0 Å². The number of carbonyl (C=O) groups is 3. The smallest absolute Gasteiger partial charge is 0.335 e. The lowest BCUT2D eigenvalue weighted by molar-refractivity contribution is -0.123. The normalized spacial score (nSPS) is 15.1. The average molecular weight is 511 g/mol. The minimum atomic E-state index is -0.976. The Bertz CT molecular complexity index is 1280. The molecule has 2 aromatic carbocycles.